The van der Waals surface area contributed by atoms with Crippen molar-refractivity contribution in [2.45, 2.75) is 47.5 Å². The van der Waals surface area contributed by atoms with Crippen LogP contribution in [0.2, 0.25) is 0 Å². The van der Waals surface area contributed by atoms with Crippen molar-refractivity contribution in [2.24, 2.45) is 5.41 Å². The van der Waals surface area contributed by atoms with Gasteiger partial charge in [0.15, 0.2) is 0 Å². The fourth-order valence-electron chi connectivity index (χ4n) is 2.02. The molecule has 0 spiro atoms. The molecule has 0 atom stereocenters. The molecule has 0 unspecified atom stereocenters. The lowest BCUT2D eigenvalue weighted by Gasteiger charge is -2.26. The Kier molecular flexibility index (Phi) is 8.08. The number of ether oxygens (including phenoxy) is 1. The van der Waals surface area contributed by atoms with E-state index in [9.17, 15) is 4.79 Å². The van der Waals surface area contributed by atoms with Gasteiger partial charge in [0.1, 0.15) is 0 Å². The van der Waals surface area contributed by atoms with E-state index in [0.29, 0.717) is 6.61 Å². The number of nitrogens with zero attached hydrogens (tertiary/aromatic N) is 1. The van der Waals surface area contributed by atoms with Crippen LogP contribution in [0.1, 0.15) is 47.5 Å². The van der Waals surface area contributed by atoms with E-state index in [2.05, 4.69) is 58.9 Å². The predicted molar refractivity (Wildman–Crippen MR) is 90.0 cm³/mol. The smallest absolute Gasteiger partial charge is 0.302 e. The molecule has 0 aliphatic carbocycles. The Bertz CT molecular complexity index is 419. The Labute approximate surface area is 130 Å². The number of esters is 1. The fourth-order valence-corrected chi connectivity index (χ4v) is 2.02. The van der Waals surface area contributed by atoms with E-state index >= 15 is 0 Å². The van der Waals surface area contributed by atoms with Gasteiger partial charge in [0.25, 0.3) is 0 Å². The monoisotopic (exact) mass is 293 g/mol. The summed E-state index contributed by atoms with van der Waals surface area (Å²) in [7, 11) is 2.08. The second kappa shape index (κ2) is 8.71. The lowest BCUT2D eigenvalue weighted by molar-refractivity contribution is -0.143. The first-order valence-corrected chi connectivity index (χ1v) is 7.49. The number of rotatable bonds is 9. The van der Waals surface area contributed by atoms with Crippen LogP contribution in [0.4, 0.5) is 0 Å². The van der Waals surface area contributed by atoms with Crippen LogP contribution >= 0.6 is 0 Å². The summed E-state index contributed by atoms with van der Waals surface area (Å²) in [5.74, 6) is -0.246. The average molecular weight is 293 g/mol. The van der Waals surface area contributed by atoms with Crippen molar-refractivity contribution in [3.63, 3.8) is 0 Å². The summed E-state index contributed by atoms with van der Waals surface area (Å²) in [5.41, 5.74) is 2.96. The number of carbonyl (C=O) groups excluding carboxylic acids is 1. The second-order valence-electron chi connectivity index (χ2n) is 6.46. The largest absolute Gasteiger partial charge is 0.465 e. The summed E-state index contributed by atoms with van der Waals surface area (Å²) in [5, 5.41) is 0. The molecule has 0 heterocycles. The molecule has 0 aliphatic rings. The zero-order valence-electron chi connectivity index (χ0n) is 14.6. The molecule has 0 aromatic heterocycles. The van der Waals surface area contributed by atoms with Crippen molar-refractivity contribution < 1.29 is 9.53 Å². The molecular weight excluding hydrogens is 262 g/mol. The second-order valence-corrected chi connectivity index (χ2v) is 6.46. The zero-order valence-corrected chi connectivity index (χ0v) is 14.6. The van der Waals surface area contributed by atoms with Crippen molar-refractivity contribution in [3.8, 4) is 0 Å². The molecule has 0 saturated carbocycles. The van der Waals surface area contributed by atoms with Crippen LogP contribution in [0.15, 0.2) is 36.1 Å². The summed E-state index contributed by atoms with van der Waals surface area (Å²) in [6, 6.07) is 0. The highest BCUT2D eigenvalue weighted by Gasteiger charge is 2.21. The maximum Gasteiger partial charge on any atom is 0.302 e. The molecule has 0 bridgehead atoms. The van der Waals surface area contributed by atoms with Crippen LogP contribution in [0.3, 0.4) is 0 Å². The van der Waals surface area contributed by atoms with Gasteiger partial charge in [-0.3, -0.25) is 4.79 Å². The first-order valence-electron chi connectivity index (χ1n) is 7.49. The highest BCUT2D eigenvalue weighted by molar-refractivity contribution is 5.65. The molecule has 0 radical (unpaired) electrons. The van der Waals surface area contributed by atoms with Crippen LogP contribution in [0.5, 0.6) is 0 Å². The Morgan fingerprint density at radius 1 is 1.29 bits per heavy atom. The minimum atomic E-state index is -0.246. The number of hydrogen-bond donors (Lipinski definition) is 0. The van der Waals surface area contributed by atoms with E-state index in [1.54, 1.807) is 0 Å². The van der Waals surface area contributed by atoms with E-state index < -0.39 is 0 Å². The third-order valence-corrected chi connectivity index (χ3v) is 3.36. The van der Waals surface area contributed by atoms with Crippen LogP contribution in [0, 0.1) is 5.41 Å². The molecule has 0 aromatic carbocycles. The van der Waals surface area contributed by atoms with Gasteiger partial charge in [-0.05, 0) is 37.0 Å². The van der Waals surface area contributed by atoms with Gasteiger partial charge in [0.05, 0.1) is 6.61 Å². The lowest BCUT2D eigenvalue weighted by Crippen LogP contribution is -2.22. The van der Waals surface area contributed by atoms with Crippen LogP contribution < -0.4 is 0 Å². The first-order chi connectivity index (χ1) is 9.59. The average Bonchev–Trinajstić information content (AvgIpc) is 2.36. The zero-order chi connectivity index (χ0) is 16.6. The topological polar surface area (TPSA) is 29.5 Å². The fraction of sp³-hybridized carbons (Fsp3) is 0.611. The Morgan fingerprint density at radius 2 is 1.86 bits per heavy atom. The van der Waals surface area contributed by atoms with E-state index in [1.807, 2.05) is 0 Å². The number of carbonyl (C=O) groups is 1. The lowest BCUT2D eigenvalue weighted by atomic mass is 9.84. The normalized spacial score (nSPS) is 12.0. The number of hydrogen-bond acceptors (Lipinski definition) is 3. The highest BCUT2D eigenvalue weighted by Crippen LogP contribution is 2.28. The Hall–Kier alpha value is -1.51. The third-order valence-electron chi connectivity index (χ3n) is 3.36. The van der Waals surface area contributed by atoms with Crippen LogP contribution in [-0.2, 0) is 9.53 Å². The van der Waals surface area contributed by atoms with E-state index in [1.165, 1.54) is 12.6 Å². The van der Waals surface area contributed by atoms with E-state index in [4.69, 9.17) is 4.74 Å². The molecule has 21 heavy (non-hydrogen) atoms. The van der Waals surface area contributed by atoms with Gasteiger partial charge in [-0.2, -0.15) is 0 Å². The van der Waals surface area contributed by atoms with Crippen molar-refractivity contribution in [3.05, 3.63) is 36.1 Å². The van der Waals surface area contributed by atoms with Crippen molar-refractivity contribution in [1.29, 1.82) is 0 Å². The van der Waals surface area contributed by atoms with Crippen molar-refractivity contribution >= 4 is 5.97 Å². The summed E-state index contributed by atoms with van der Waals surface area (Å²) >= 11 is 0. The molecular formula is C18H31NO2. The molecule has 0 amide bonds. The molecule has 3 nitrogen and oxygen atoms in total. The van der Waals surface area contributed by atoms with Gasteiger partial charge in [0, 0.05) is 31.6 Å². The summed E-state index contributed by atoms with van der Waals surface area (Å²) in [4.78, 5) is 13.1. The van der Waals surface area contributed by atoms with Gasteiger partial charge in [-0.25, -0.2) is 0 Å². The molecule has 3 heteroatoms. The van der Waals surface area contributed by atoms with Gasteiger partial charge >= 0.3 is 5.97 Å². The quantitative estimate of drug-likeness (QED) is 0.468. The van der Waals surface area contributed by atoms with Gasteiger partial charge < -0.3 is 9.64 Å². The van der Waals surface area contributed by atoms with Gasteiger partial charge in [-0.1, -0.05) is 33.9 Å². The molecule has 0 saturated heterocycles. The van der Waals surface area contributed by atoms with Crippen LogP contribution in [-0.4, -0.2) is 31.1 Å². The molecule has 0 N–H and O–H groups in total. The first kappa shape index (κ1) is 19.5. The molecule has 120 valence electrons. The van der Waals surface area contributed by atoms with E-state index in [-0.39, 0.29) is 11.4 Å². The molecule has 0 fully saturated rings. The summed E-state index contributed by atoms with van der Waals surface area (Å²) in [6.45, 7) is 19.5. The molecule has 0 rings (SSSR count). The highest BCUT2D eigenvalue weighted by atomic mass is 16.5. The standard InChI is InChI=1S/C18H31NO2/c1-9-10-19(8)16(4)11-14(2)15(3)12-18(6,7)13-21-17(5)20/h11H,2-3,9-10,12-13H2,1,4-8H3/b16-11+. The minimum absolute atomic E-state index is 0.136. The summed E-state index contributed by atoms with van der Waals surface area (Å²) < 4.78 is 5.11. The third kappa shape index (κ3) is 8.38. The van der Waals surface area contributed by atoms with Crippen LogP contribution in [0.25, 0.3) is 0 Å². The van der Waals surface area contributed by atoms with Gasteiger partial charge in [-0.15, -0.1) is 0 Å². The minimum Gasteiger partial charge on any atom is -0.465 e. The van der Waals surface area contributed by atoms with Crippen molar-refractivity contribution in [2.75, 3.05) is 20.2 Å². The SMILES string of the molecule is C=C(/C=C(\C)N(C)CCC)C(=C)CC(C)(C)COC(C)=O. The number of allylic oxidation sites excluding steroid dienone is 4. The van der Waals surface area contributed by atoms with E-state index in [0.717, 1.165) is 30.5 Å². The Balaban J connectivity index is 4.61. The van der Waals surface area contributed by atoms with Gasteiger partial charge in [0.2, 0.25) is 0 Å². The molecule has 0 aromatic rings. The van der Waals surface area contributed by atoms with Crippen molar-refractivity contribution in [1.82, 2.24) is 4.90 Å². The maximum absolute atomic E-state index is 10.9. The maximum atomic E-state index is 10.9. The predicted octanol–water partition coefficient (Wildman–Crippen LogP) is 4.32. The molecule has 0 aliphatic heterocycles. The summed E-state index contributed by atoms with van der Waals surface area (Å²) in [6.07, 6.45) is 3.94. The Morgan fingerprint density at radius 3 is 2.33 bits per heavy atom.